The first-order chi connectivity index (χ1) is 18.0. The number of carbonyl (C=O) groups is 3. The average molecular weight is 501 g/mol. The predicted molar refractivity (Wildman–Crippen MR) is 149 cm³/mol. The number of piperazine rings is 1. The molecule has 0 bridgehead atoms. The number of nitrogens with one attached hydrogen (secondary N) is 2. The monoisotopic (exact) mass is 500 g/mol. The molecular formula is C30H36N4O3. The normalized spacial score (nSPS) is 13.6. The summed E-state index contributed by atoms with van der Waals surface area (Å²) in [6.45, 7) is 8.23. The van der Waals surface area contributed by atoms with Gasteiger partial charge >= 0.3 is 0 Å². The van der Waals surface area contributed by atoms with Crippen LogP contribution in [0.1, 0.15) is 36.7 Å². The molecule has 0 radical (unpaired) electrons. The number of amides is 3. The van der Waals surface area contributed by atoms with Gasteiger partial charge in [-0.15, -0.1) is 0 Å². The van der Waals surface area contributed by atoms with E-state index in [1.54, 1.807) is 31.2 Å². The van der Waals surface area contributed by atoms with Crippen LogP contribution < -0.4 is 15.5 Å². The van der Waals surface area contributed by atoms with Crippen molar-refractivity contribution in [3.63, 3.8) is 0 Å². The van der Waals surface area contributed by atoms with E-state index in [0.29, 0.717) is 43.9 Å². The standard InChI is InChI=1S/C28H30N4O3.C2H6/c1-21(33)31-16-18-32(19-17-31)26-15-9-8-14-24(26)29-28(35)25(20-22-10-4-2-5-11-22)30-27(34)23-12-6-3-7-13-23;1-2/h2-15,25H,16-20H2,1H3,(H,29,35)(H,30,34);1-2H3. The number of rotatable bonds is 7. The zero-order valence-electron chi connectivity index (χ0n) is 21.8. The molecule has 194 valence electrons. The molecule has 1 heterocycles. The summed E-state index contributed by atoms with van der Waals surface area (Å²) in [5, 5.41) is 5.95. The van der Waals surface area contributed by atoms with E-state index in [1.807, 2.05) is 79.4 Å². The summed E-state index contributed by atoms with van der Waals surface area (Å²) in [4.78, 5) is 42.0. The van der Waals surface area contributed by atoms with Gasteiger partial charge in [0.1, 0.15) is 6.04 Å². The SMILES string of the molecule is CC.CC(=O)N1CCN(c2ccccc2NC(=O)C(Cc2ccccc2)NC(=O)c2ccccc2)CC1. The minimum absolute atomic E-state index is 0.0733. The number of para-hydroxylation sites is 2. The summed E-state index contributed by atoms with van der Waals surface area (Å²) < 4.78 is 0. The van der Waals surface area contributed by atoms with E-state index in [9.17, 15) is 14.4 Å². The molecule has 1 saturated heterocycles. The van der Waals surface area contributed by atoms with Crippen molar-refractivity contribution in [2.75, 3.05) is 36.4 Å². The lowest BCUT2D eigenvalue weighted by Gasteiger charge is -2.36. The molecule has 2 N–H and O–H groups in total. The Hall–Kier alpha value is -4.13. The zero-order valence-corrected chi connectivity index (χ0v) is 21.8. The molecule has 1 aliphatic rings. The fourth-order valence-corrected chi connectivity index (χ4v) is 4.23. The molecule has 4 rings (SSSR count). The Labute approximate surface area is 219 Å². The quantitative estimate of drug-likeness (QED) is 0.505. The predicted octanol–water partition coefficient (Wildman–Crippen LogP) is 4.36. The van der Waals surface area contributed by atoms with Crippen molar-refractivity contribution < 1.29 is 14.4 Å². The molecule has 7 heteroatoms. The Morgan fingerprint density at radius 2 is 1.35 bits per heavy atom. The van der Waals surface area contributed by atoms with E-state index < -0.39 is 6.04 Å². The Kier molecular flexibility index (Phi) is 10.3. The minimum atomic E-state index is -0.757. The molecule has 3 amide bonds. The van der Waals surface area contributed by atoms with Gasteiger partial charge in [-0.2, -0.15) is 0 Å². The second-order valence-corrected chi connectivity index (χ2v) is 8.58. The number of benzene rings is 3. The van der Waals surface area contributed by atoms with Crippen LogP contribution in [0.15, 0.2) is 84.9 Å². The van der Waals surface area contributed by atoms with Gasteiger partial charge in [0.15, 0.2) is 0 Å². The van der Waals surface area contributed by atoms with E-state index in [1.165, 1.54) is 0 Å². The molecule has 0 aromatic heterocycles. The summed E-state index contributed by atoms with van der Waals surface area (Å²) in [7, 11) is 0. The fourth-order valence-electron chi connectivity index (χ4n) is 4.23. The second-order valence-electron chi connectivity index (χ2n) is 8.58. The van der Waals surface area contributed by atoms with Crippen LogP contribution in [0.25, 0.3) is 0 Å². The maximum atomic E-state index is 13.5. The highest BCUT2D eigenvalue weighted by Crippen LogP contribution is 2.27. The number of hydrogen-bond donors (Lipinski definition) is 2. The van der Waals surface area contributed by atoms with E-state index in [4.69, 9.17) is 0 Å². The van der Waals surface area contributed by atoms with Gasteiger partial charge < -0.3 is 20.4 Å². The van der Waals surface area contributed by atoms with Gasteiger partial charge in [-0.05, 0) is 29.8 Å². The van der Waals surface area contributed by atoms with Gasteiger partial charge in [-0.25, -0.2) is 0 Å². The maximum absolute atomic E-state index is 13.5. The summed E-state index contributed by atoms with van der Waals surface area (Å²) in [5.74, 6) is -0.507. The Morgan fingerprint density at radius 3 is 1.97 bits per heavy atom. The molecule has 1 aliphatic heterocycles. The molecule has 3 aromatic carbocycles. The first-order valence-corrected chi connectivity index (χ1v) is 12.8. The Balaban J connectivity index is 0.00000186. The molecule has 3 aromatic rings. The van der Waals surface area contributed by atoms with Crippen molar-refractivity contribution in [3.05, 3.63) is 96.1 Å². The average Bonchev–Trinajstić information content (AvgIpc) is 2.95. The van der Waals surface area contributed by atoms with E-state index in [2.05, 4.69) is 15.5 Å². The molecule has 1 atom stereocenters. The lowest BCUT2D eigenvalue weighted by Crippen LogP contribution is -2.48. The van der Waals surface area contributed by atoms with Crippen molar-refractivity contribution in [1.82, 2.24) is 10.2 Å². The lowest BCUT2D eigenvalue weighted by molar-refractivity contribution is -0.129. The van der Waals surface area contributed by atoms with Crippen LogP contribution in [0, 0.1) is 0 Å². The first kappa shape index (κ1) is 27.5. The third-order valence-corrected chi connectivity index (χ3v) is 6.17. The van der Waals surface area contributed by atoms with Crippen molar-refractivity contribution in [1.29, 1.82) is 0 Å². The van der Waals surface area contributed by atoms with E-state index >= 15 is 0 Å². The van der Waals surface area contributed by atoms with Crippen LogP contribution in [0.2, 0.25) is 0 Å². The van der Waals surface area contributed by atoms with Gasteiger partial charge in [0.2, 0.25) is 11.8 Å². The molecule has 0 spiro atoms. The Bertz CT molecular complexity index is 1160. The van der Waals surface area contributed by atoms with Crippen LogP contribution in [-0.4, -0.2) is 54.8 Å². The lowest BCUT2D eigenvalue weighted by atomic mass is 10.0. The first-order valence-electron chi connectivity index (χ1n) is 12.8. The number of nitrogens with zero attached hydrogens (tertiary/aromatic N) is 2. The van der Waals surface area contributed by atoms with Gasteiger partial charge in [-0.1, -0.05) is 74.5 Å². The third-order valence-electron chi connectivity index (χ3n) is 6.17. The van der Waals surface area contributed by atoms with Crippen LogP contribution in [0.4, 0.5) is 11.4 Å². The zero-order chi connectivity index (χ0) is 26.6. The summed E-state index contributed by atoms with van der Waals surface area (Å²) in [5.41, 5.74) is 3.04. The van der Waals surface area contributed by atoms with Crippen LogP contribution >= 0.6 is 0 Å². The van der Waals surface area contributed by atoms with Gasteiger partial charge in [0.25, 0.3) is 5.91 Å². The molecule has 0 aliphatic carbocycles. The van der Waals surface area contributed by atoms with Crippen molar-refractivity contribution in [3.8, 4) is 0 Å². The molecule has 1 fully saturated rings. The van der Waals surface area contributed by atoms with E-state index in [0.717, 1.165) is 11.3 Å². The second kappa shape index (κ2) is 13.8. The summed E-state index contributed by atoms with van der Waals surface area (Å²) in [6, 6.07) is 25.4. The Morgan fingerprint density at radius 1 is 0.784 bits per heavy atom. The molecule has 1 unspecified atom stereocenters. The maximum Gasteiger partial charge on any atom is 0.251 e. The fraction of sp³-hybridized carbons (Fsp3) is 0.300. The number of anilines is 2. The molecule has 0 saturated carbocycles. The van der Waals surface area contributed by atoms with Crippen molar-refractivity contribution in [2.24, 2.45) is 0 Å². The smallest absolute Gasteiger partial charge is 0.251 e. The van der Waals surface area contributed by atoms with Crippen LogP contribution in [0.5, 0.6) is 0 Å². The van der Waals surface area contributed by atoms with Crippen molar-refractivity contribution >= 4 is 29.1 Å². The topological polar surface area (TPSA) is 81.8 Å². The largest absolute Gasteiger partial charge is 0.366 e. The van der Waals surface area contributed by atoms with Crippen molar-refractivity contribution in [2.45, 2.75) is 33.2 Å². The van der Waals surface area contributed by atoms with Crippen LogP contribution in [-0.2, 0) is 16.0 Å². The van der Waals surface area contributed by atoms with Gasteiger partial charge in [-0.3, -0.25) is 14.4 Å². The van der Waals surface area contributed by atoms with Gasteiger partial charge in [0.05, 0.1) is 11.4 Å². The van der Waals surface area contributed by atoms with E-state index in [-0.39, 0.29) is 17.7 Å². The number of carbonyl (C=O) groups excluding carboxylic acids is 3. The van der Waals surface area contributed by atoms with Gasteiger partial charge in [0, 0.05) is 45.1 Å². The highest BCUT2D eigenvalue weighted by molar-refractivity contribution is 6.02. The third kappa shape index (κ3) is 7.67. The highest BCUT2D eigenvalue weighted by atomic mass is 16.2. The molecule has 7 nitrogen and oxygen atoms in total. The summed E-state index contributed by atoms with van der Waals surface area (Å²) in [6.07, 6.45) is 0.366. The van der Waals surface area contributed by atoms with Crippen LogP contribution in [0.3, 0.4) is 0 Å². The molecule has 37 heavy (non-hydrogen) atoms. The minimum Gasteiger partial charge on any atom is -0.366 e. The number of hydrogen-bond acceptors (Lipinski definition) is 4. The summed E-state index contributed by atoms with van der Waals surface area (Å²) >= 11 is 0. The highest BCUT2D eigenvalue weighted by Gasteiger charge is 2.25. The molecular weight excluding hydrogens is 464 g/mol.